The van der Waals surface area contributed by atoms with Gasteiger partial charge in [-0.1, -0.05) is 12.1 Å². The van der Waals surface area contributed by atoms with Gasteiger partial charge >= 0.3 is 0 Å². The number of carbonyl (C=O) groups is 2. The van der Waals surface area contributed by atoms with Crippen LogP contribution in [0, 0.1) is 0 Å². The van der Waals surface area contributed by atoms with Crippen LogP contribution in [0.4, 0.5) is 5.69 Å². The van der Waals surface area contributed by atoms with Crippen LogP contribution in [0.15, 0.2) is 36.4 Å². The molecule has 1 aliphatic rings. The minimum absolute atomic E-state index is 0.347. The molecule has 4 rings (SSSR count). The van der Waals surface area contributed by atoms with Gasteiger partial charge in [-0.05, 0) is 29.8 Å². The van der Waals surface area contributed by atoms with Crippen LogP contribution in [0.3, 0.4) is 0 Å². The highest BCUT2D eigenvalue weighted by atomic mass is 16.2. The molecule has 108 valence electrons. The smallest absolute Gasteiger partial charge is 0.259 e. The number of nitrogens with zero attached hydrogens (tertiary/aromatic N) is 1. The molecule has 3 aromatic rings. The number of benzene rings is 2. The van der Waals surface area contributed by atoms with E-state index in [9.17, 15) is 9.59 Å². The highest BCUT2D eigenvalue weighted by Crippen LogP contribution is 2.25. The number of nitrogens with two attached hydrogens (primary N) is 1. The average Bonchev–Trinajstić information content (AvgIpc) is 3.02. The van der Waals surface area contributed by atoms with Crippen LogP contribution in [0.1, 0.15) is 32.0 Å². The number of fused-ring (bicyclic) bond motifs is 2. The highest BCUT2D eigenvalue weighted by Gasteiger charge is 2.29. The number of nitrogen functional groups attached to an aromatic ring is 1. The number of amides is 2. The van der Waals surface area contributed by atoms with Crippen LogP contribution in [-0.2, 0) is 6.42 Å². The number of aromatic amines is 1. The van der Waals surface area contributed by atoms with E-state index in [1.807, 2.05) is 18.2 Å². The largest absolute Gasteiger partial charge is 0.399 e. The van der Waals surface area contributed by atoms with Gasteiger partial charge in [-0.2, -0.15) is 5.10 Å². The summed E-state index contributed by atoms with van der Waals surface area (Å²) < 4.78 is 0. The maximum atomic E-state index is 12.0. The molecule has 2 aromatic carbocycles. The Kier molecular flexibility index (Phi) is 2.53. The summed E-state index contributed by atoms with van der Waals surface area (Å²) in [5.41, 5.74) is 9.81. The summed E-state index contributed by atoms with van der Waals surface area (Å²) in [6.45, 7) is 0. The molecule has 1 aromatic heterocycles. The lowest BCUT2D eigenvalue weighted by molar-refractivity contribution is 0.0879. The van der Waals surface area contributed by atoms with E-state index < -0.39 is 0 Å². The summed E-state index contributed by atoms with van der Waals surface area (Å²) in [5.74, 6) is -0.695. The minimum atomic E-state index is -0.348. The third-order valence-electron chi connectivity index (χ3n) is 3.87. The number of hydrogen-bond donors (Lipinski definition) is 3. The van der Waals surface area contributed by atoms with Gasteiger partial charge in [0.05, 0.1) is 16.6 Å². The van der Waals surface area contributed by atoms with E-state index >= 15 is 0 Å². The Morgan fingerprint density at radius 3 is 2.82 bits per heavy atom. The van der Waals surface area contributed by atoms with E-state index in [0.717, 1.165) is 22.2 Å². The van der Waals surface area contributed by atoms with Crippen LogP contribution < -0.4 is 11.1 Å². The van der Waals surface area contributed by atoms with E-state index in [0.29, 0.717) is 23.2 Å². The van der Waals surface area contributed by atoms with Crippen LogP contribution in [0.25, 0.3) is 10.9 Å². The second-order valence-corrected chi connectivity index (χ2v) is 5.28. The molecule has 2 amide bonds. The molecule has 6 nitrogen and oxygen atoms in total. The van der Waals surface area contributed by atoms with Crippen molar-refractivity contribution in [3.8, 4) is 0 Å². The third-order valence-corrected chi connectivity index (χ3v) is 3.87. The first-order valence-corrected chi connectivity index (χ1v) is 6.83. The zero-order valence-corrected chi connectivity index (χ0v) is 11.5. The molecule has 0 unspecified atom stereocenters. The molecule has 0 fully saturated rings. The topological polar surface area (TPSA) is 101 Å². The molecule has 2 heterocycles. The number of anilines is 1. The maximum absolute atomic E-state index is 12.0. The van der Waals surface area contributed by atoms with E-state index in [4.69, 9.17) is 5.73 Å². The lowest BCUT2D eigenvalue weighted by Gasteiger charge is -2.05. The van der Waals surface area contributed by atoms with Gasteiger partial charge in [-0.15, -0.1) is 0 Å². The molecule has 0 saturated heterocycles. The molecule has 0 spiro atoms. The number of imide groups is 1. The molecule has 4 N–H and O–H groups in total. The molecule has 0 radical (unpaired) electrons. The Morgan fingerprint density at radius 2 is 1.95 bits per heavy atom. The average molecular weight is 292 g/mol. The SMILES string of the molecule is Nc1ccc2n[nH]c(Cc3cccc4c3C(=O)NC4=O)c2c1. The van der Waals surface area contributed by atoms with Crippen LogP contribution >= 0.6 is 0 Å². The Bertz CT molecular complexity index is 942. The molecule has 0 bridgehead atoms. The Hall–Kier alpha value is -3.15. The van der Waals surface area contributed by atoms with Crippen LogP contribution in [-0.4, -0.2) is 22.0 Å². The van der Waals surface area contributed by atoms with Gasteiger partial charge in [0.2, 0.25) is 0 Å². The van der Waals surface area contributed by atoms with Crippen molar-refractivity contribution >= 4 is 28.4 Å². The molecule has 0 atom stereocenters. The predicted octanol–water partition coefficient (Wildman–Crippen LogP) is 1.62. The second kappa shape index (κ2) is 4.42. The van der Waals surface area contributed by atoms with Crippen molar-refractivity contribution in [2.45, 2.75) is 6.42 Å². The Labute approximate surface area is 125 Å². The predicted molar refractivity (Wildman–Crippen MR) is 81.6 cm³/mol. The third kappa shape index (κ3) is 1.77. The number of carbonyl (C=O) groups excluding carboxylic acids is 2. The van der Waals surface area contributed by atoms with Gasteiger partial charge in [0, 0.05) is 23.2 Å². The summed E-state index contributed by atoms with van der Waals surface area (Å²) in [4.78, 5) is 23.7. The highest BCUT2D eigenvalue weighted by molar-refractivity contribution is 6.22. The van der Waals surface area contributed by atoms with Gasteiger partial charge in [-0.3, -0.25) is 20.0 Å². The fourth-order valence-corrected chi connectivity index (χ4v) is 2.84. The van der Waals surface area contributed by atoms with Crippen molar-refractivity contribution in [2.24, 2.45) is 0 Å². The minimum Gasteiger partial charge on any atom is -0.399 e. The number of aromatic nitrogens is 2. The second-order valence-electron chi connectivity index (χ2n) is 5.28. The van der Waals surface area contributed by atoms with E-state index in [1.54, 1.807) is 18.2 Å². The first-order chi connectivity index (χ1) is 10.6. The first-order valence-electron chi connectivity index (χ1n) is 6.83. The van der Waals surface area contributed by atoms with E-state index in [2.05, 4.69) is 15.5 Å². The summed E-state index contributed by atoms with van der Waals surface area (Å²) in [7, 11) is 0. The zero-order valence-electron chi connectivity index (χ0n) is 11.5. The summed E-state index contributed by atoms with van der Waals surface area (Å²) in [6, 6.07) is 10.8. The van der Waals surface area contributed by atoms with Gasteiger partial charge in [0.15, 0.2) is 0 Å². The molecular weight excluding hydrogens is 280 g/mol. The summed E-state index contributed by atoms with van der Waals surface area (Å²) >= 11 is 0. The van der Waals surface area contributed by atoms with Crippen molar-refractivity contribution in [1.82, 2.24) is 15.5 Å². The number of rotatable bonds is 2. The van der Waals surface area contributed by atoms with Crippen molar-refractivity contribution in [1.29, 1.82) is 0 Å². The van der Waals surface area contributed by atoms with Crippen molar-refractivity contribution in [3.63, 3.8) is 0 Å². The van der Waals surface area contributed by atoms with Gasteiger partial charge < -0.3 is 5.73 Å². The molecule has 0 aliphatic carbocycles. The zero-order chi connectivity index (χ0) is 15.3. The first kappa shape index (κ1) is 12.6. The van der Waals surface area contributed by atoms with Crippen LogP contribution in [0.5, 0.6) is 0 Å². The standard InChI is InChI=1S/C16H12N4O2/c17-9-4-5-12-11(7-9)13(20-19-12)6-8-2-1-3-10-14(8)16(22)18-15(10)21/h1-5,7H,6,17H2,(H,19,20)(H,18,21,22). The molecule has 6 heteroatoms. The molecular formula is C16H12N4O2. The van der Waals surface area contributed by atoms with Crippen molar-refractivity contribution in [3.05, 3.63) is 58.8 Å². The van der Waals surface area contributed by atoms with E-state index in [-0.39, 0.29) is 11.8 Å². The normalized spacial score (nSPS) is 13.5. The number of nitrogens with one attached hydrogen (secondary N) is 2. The van der Waals surface area contributed by atoms with Crippen molar-refractivity contribution in [2.75, 3.05) is 5.73 Å². The van der Waals surface area contributed by atoms with Gasteiger partial charge in [0.25, 0.3) is 11.8 Å². The molecule has 1 aliphatic heterocycles. The van der Waals surface area contributed by atoms with Crippen molar-refractivity contribution < 1.29 is 9.59 Å². The van der Waals surface area contributed by atoms with Crippen LogP contribution in [0.2, 0.25) is 0 Å². The Balaban J connectivity index is 1.83. The lowest BCUT2D eigenvalue weighted by atomic mass is 9.98. The Morgan fingerprint density at radius 1 is 1.09 bits per heavy atom. The molecule has 0 saturated carbocycles. The molecule has 22 heavy (non-hydrogen) atoms. The van der Waals surface area contributed by atoms with Gasteiger partial charge in [-0.25, -0.2) is 0 Å². The maximum Gasteiger partial charge on any atom is 0.259 e. The summed E-state index contributed by atoms with van der Waals surface area (Å²) in [6.07, 6.45) is 0.476. The number of H-pyrrole nitrogens is 1. The fourth-order valence-electron chi connectivity index (χ4n) is 2.84. The van der Waals surface area contributed by atoms with Gasteiger partial charge in [0.1, 0.15) is 0 Å². The monoisotopic (exact) mass is 292 g/mol. The quantitative estimate of drug-likeness (QED) is 0.493. The lowest BCUT2D eigenvalue weighted by Crippen LogP contribution is -2.20. The van der Waals surface area contributed by atoms with E-state index in [1.165, 1.54) is 0 Å². The summed E-state index contributed by atoms with van der Waals surface area (Å²) in [5, 5.41) is 10.5. The number of hydrogen-bond acceptors (Lipinski definition) is 4. The fraction of sp³-hybridized carbons (Fsp3) is 0.0625.